The summed E-state index contributed by atoms with van der Waals surface area (Å²) in [4.78, 5) is 8.92. The third kappa shape index (κ3) is 3.34. The summed E-state index contributed by atoms with van der Waals surface area (Å²) in [5.74, 6) is 0.779. The van der Waals surface area contributed by atoms with Crippen LogP contribution in [0.2, 0.25) is 0 Å². The summed E-state index contributed by atoms with van der Waals surface area (Å²) in [6, 6.07) is 0.618. The van der Waals surface area contributed by atoms with Crippen molar-refractivity contribution in [2.75, 3.05) is 18.5 Å². The van der Waals surface area contributed by atoms with Crippen molar-refractivity contribution in [1.82, 2.24) is 10.3 Å². The van der Waals surface area contributed by atoms with Crippen LogP contribution >= 0.6 is 11.3 Å². The van der Waals surface area contributed by atoms with E-state index in [1.54, 1.807) is 0 Å². The summed E-state index contributed by atoms with van der Waals surface area (Å²) < 4.78 is 0. The third-order valence-electron chi connectivity index (χ3n) is 4.10. The molecule has 0 saturated carbocycles. The maximum absolute atomic E-state index is 5.01. The molecule has 3 nitrogen and oxygen atoms in total. The van der Waals surface area contributed by atoms with Gasteiger partial charge in [0, 0.05) is 29.4 Å². The molecule has 4 heteroatoms. The van der Waals surface area contributed by atoms with Crippen molar-refractivity contribution < 1.29 is 0 Å². The first-order chi connectivity index (χ1) is 9.32. The van der Waals surface area contributed by atoms with E-state index in [0.29, 0.717) is 6.04 Å². The van der Waals surface area contributed by atoms with E-state index in [1.165, 1.54) is 28.5 Å². The van der Waals surface area contributed by atoms with Gasteiger partial charge in [-0.1, -0.05) is 27.7 Å². The summed E-state index contributed by atoms with van der Waals surface area (Å²) in [5.41, 5.74) is 1.38. The Hall–Kier alpha value is -0.610. The molecule has 20 heavy (non-hydrogen) atoms. The Kier molecular flexibility index (Phi) is 4.75. The van der Waals surface area contributed by atoms with E-state index in [9.17, 15) is 0 Å². The highest BCUT2D eigenvalue weighted by molar-refractivity contribution is 7.15. The van der Waals surface area contributed by atoms with Gasteiger partial charge in [-0.25, -0.2) is 4.98 Å². The van der Waals surface area contributed by atoms with E-state index >= 15 is 0 Å². The molecule has 1 aliphatic heterocycles. The molecule has 0 bridgehead atoms. The van der Waals surface area contributed by atoms with Crippen molar-refractivity contribution >= 4 is 16.5 Å². The average Bonchev–Trinajstić information content (AvgIpc) is 2.76. The Morgan fingerprint density at radius 1 is 1.30 bits per heavy atom. The Labute approximate surface area is 127 Å². The third-order valence-corrected chi connectivity index (χ3v) is 5.19. The number of hydrogen-bond acceptors (Lipinski definition) is 4. The summed E-state index contributed by atoms with van der Waals surface area (Å²) in [7, 11) is 2.01. The van der Waals surface area contributed by atoms with Crippen molar-refractivity contribution in [2.24, 2.45) is 5.92 Å². The SMILES string of the molecule is CNCc1sc(N2CC(C)CCC2C)nc1C(C)(C)C. The molecule has 0 spiro atoms. The van der Waals surface area contributed by atoms with Crippen molar-refractivity contribution in [3.8, 4) is 0 Å². The highest BCUT2D eigenvalue weighted by Gasteiger charge is 2.29. The lowest BCUT2D eigenvalue weighted by Crippen LogP contribution is -2.41. The molecule has 114 valence electrons. The van der Waals surface area contributed by atoms with Crippen LogP contribution < -0.4 is 10.2 Å². The first-order valence-corrected chi connectivity index (χ1v) is 8.56. The lowest BCUT2D eigenvalue weighted by Gasteiger charge is -2.36. The summed E-state index contributed by atoms with van der Waals surface area (Å²) in [6.07, 6.45) is 2.63. The van der Waals surface area contributed by atoms with E-state index in [1.807, 2.05) is 18.4 Å². The van der Waals surface area contributed by atoms with Crippen molar-refractivity contribution in [3.63, 3.8) is 0 Å². The van der Waals surface area contributed by atoms with Gasteiger partial charge in [0.2, 0.25) is 0 Å². The molecule has 0 aromatic carbocycles. The molecule has 1 aliphatic rings. The zero-order valence-corrected chi connectivity index (χ0v) is 14.6. The van der Waals surface area contributed by atoms with Crippen LogP contribution in [0.1, 0.15) is 58.0 Å². The molecule has 1 saturated heterocycles. The summed E-state index contributed by atoms with van der Waals surface area (Å²) >= 11 is 1.88. The first-order valence-electron chi connectivity index (χ1n) is 7.74. The smallest absolute Gasteiger partial charge is 0.186 e. The molecule has 1 aromatic heterocycles. The maximum Gasteiger partial charge on any atom is 0.186 e. The van der Waals surface area contributed by atoms with Crippen molar-refractivity contribution in [3.05, 3.63) is 10.6 Å². The molecular formula is C16H29N3S. The molecule has 0 radical (unpaired) electrons. The minimum atomic E-state index is 0.117. The van der Waals surface area contributed by atoms with Crippen LogP contribution in [0.25, 0.3) is 0 Å². The normalized spacial score (nSPS) is 24.2. The van der Waals surface area contributed by atoms with Crippen LogP contribution in [-0.2, 0) is 12.0 Å². The standard InChI is InChI=1S/C16H29N3S/c1-11-7-8-12(2)19(10-11)15-18-14(16(3,4)5)13(20-15)9-17-6/h11-12,17H,7-10H2,1-6H3. The quantitative estimate of drug-likeness (QED) is 0.919. The minimum absolute atomic E-state index is 0.117. The molecule has 2 atom stereocenters. The van der Waals surface area contributed by atoms with Crippen LogP contribution in [0.15, 0.2) is 0 Å². The van der Waals surface area contributed by atoms with Gasteiger partial charge in [0.25, 0.3) is 0 Å². The summed E-state index contributed by atoms with van der Waals surface area (Å²) in [6.45, 7) is 13.5. The molecule has 1 fully saturated rings. The van der Waals surface area contributed by atoms with E-state index in [4.69, 9.17) is 4.98 Å². The second-order valence-corrected chi connectivity index (χ2v) is 8.29. The maximum atomic E-state index is 5.01. The van der Waals surface area contributed by atoms with Crippen LogP contribution in [0.5, 0.6) is 0 Å². The van der Waals surface area contributed by atoms with E-state index in [2.05, 4.69) is 44.8 Å². The predicted octanol–water partition coefficient (Wildman–Crippen LogP) is 3.78. The van der Waals surface area contributed by atoms with Crippen LogP contribution in [0, 0.1) is 5.92 Å². The molecule has 2 unspecified atom stereocenters. The van der Waals surface area contributed by atoms with Gasteiger partial charge in [0.05, 0.1) is 5.69 Å². The number of thiazole rings is 1. The molecular weight excluding hydrogens is 266 g/mol. The first kappa shape index (κ1) is 15.8. The Morgan fingerprint density at radius 3 is 2.60 bits per heavy atom. The molecule has 0 aliphatic carbocycles. The largest absolute Gasteiger partial charge is 0.345 e. The van der Waals surface area contributed by atoms with Crippen molar-refractivity contribution in [1.29, 1.82) is 0 Å². The number of anilines is 1. The van der Waals surface area contributed by atoms with Gasteiger partial charge in [-0.15, -0.1) is 11.3 Å². The zero-order chi connectivity index (χ0) is 14.9. The van der Waals surface area contributed by atoms with Gasteiger partial charge >= 0.3 is 0 Å². The highest BCUT2D eigenvalue weighted by atomic mass is 32.1. The number of rotatable bonds is 3. The van der Waals surface area contributed by atoms with Gasteiger partial charge in [0.1, 0.15) is 0 Å². The Morgan fingerprint density at radius 2 is 2.00 bits per heavy atom. The number of piperidine rings is 1. The van der Waals surface area contributed by atoms with Gasteiger partial charge in [-0.05, 0) is 32.7 Å². The fraction of sp³-hybridized carbons (Fsp3) is 0.812. The summed E-state index contributed by atoms with van der Waals surface area (Å²) in [5, 5.41) is 4.51. The van der Waals surface area contributed by atoms with Crippen LogP contribution in [0.4, 0.5) is 5.13 Å². The van der Waals surface area contributed by atoms with Gasteiger partial charge in [-0.2, -0.15) is 0 Å². The lowest BCUT2D eigenvalue weighted by molar-refractivity contribution is 0.389. The fourth-order valence-corrected chi connectivity index (χ4v) is 4.28. The number of nitrogens with zero attached hydrogens (tertiary/aromatic N) is 2. The molecule has 2 heterocycles. The van der Waals surface area contributed by atoms with E-state index in [0.717, 1.165) is 19.0 Å². The van der Waals surface area contributed by atoms with Gasteiger partial charge in [0.15, 0.2) is 5.13 Å². The van der Waals surface area contributed by atoms with Gasteiger partial charge in [-0.3, -0.25) is 0 Å². The minimum Gasteiger partial charge on any atom is -0.345 e. The molecule has 1 aromatic rings. The average molecular weight is 295 g/mol. The second kappa shape index (κ2) is 6.02. The van der Waals surface area contributed by atoms with Crippen LogP contribution in [0.3, 0.4) is 0 Å². The number of aromatic nitrogens is 1. The Balaban J connectivity index is 2.32. The van der Waals surface area contributed by atoms with Crippen LogP contribution in [-0.4, -0.2) is 24.6 Å². The van der Waals surface area contributed by atoms with E-state index < -0.39 is 0 Å². The highest BCUT2D eigenvalue weighted by Crippen LogP contribution is 2.36. The van der Waals surface area contributed by atoms with Gasteiger partial charge < -0.3 is 10.2 Å². The topological polar surface area (TPSA) is 28.2 Å². The monoisotopic (exact) mass is 295 g/mol. The molecule has 2 rings (SSSR count). The predicted molar refractivity (Wildman–Crippen MR) is 88.8 cm³/mol. The zero-order valence-electron chi connectivity index (χ0n) is 13.8. The number of hydrogen-bond donors (Lipinski definition) is 1. The lowest BCUT2D eigenvalue weighted by atomic mass is 9.91. The molecule has 0 amide bonds. The molecule has 1 N–H and O–H groups in total. The fourth-order valence-electron chi connectivity index (χ4n) is 2.88. The Bertz CT molecular complexity index is 447. The number of nitrogens with one attached hydrogen (secondary N) is 1. The second-order valence-electron chi connectivity index (χ2n) is 7.23. The van der Waals surface area contributed by atoms with Crippen molar-refractivity contribution in [2.45, 2.75) is 65.5 Å². The van der Waals surface area contributed by atoms with E-state index in [-0.39, 0.29) is 5.41 Å².